The van der Waals surface area contributed by atoms with Gasteiger partial charge in [-0.25, -0.2) is 4.79 Å². The molecule has 1 aromatic heterocycles. The van der Waals surface area contributed by atoms with Crippen molar-refractivity contribution in [1.29, 1.82) is 0 Å². The molecular weight excluding hydrogens is 408 g/mol. The van der Waals surface area contributed by atoms with Crippen LogP contribution in [0.25, 0.3) is 10.9 Å². The molecule has 3 aromatic rings. The van der Waals surface area contributed by atoms with E-state index in [1.165, 1.54) is 6.07 Å². The van der Waals surface area contributed by atoms with E-state index < -0.39 is 17.6 Å². The van der Waals surface area contributed by atoms with Gasteiger partial charge in [-0.1, -0.05) is 48.9 Å². The number of aromatic nitrogens is 1. The lowest BCUT2D eigenvalue weighted by Crippen LogP contribution is -2.31. The van der Waals surface area contributed by atoms with Gasteiger partial charge in [0.25, 0.3) is 11.5 Å². The van der Waals surface area contributed by atoms with Gasteiger partial charge in [-0.05, 0) is 35.7 Å². The molecule has 1 heterocycles. The summed E-state index contributed by atoms with van der Waals surface area (Å²) in [5.74, 6) is -1.65. The molecule has 0 saturated heterocycles. The molecule has 0 bridgehead atoms. The molecule has 0 radical (unpaired) electrons. The van der Waals surface area contributed by atoms with Gasteiger partial charge in [0.15, 0.2) is 6.10 Å². The zero-order valence-corrected chi connectivity index (χ0v) is 17.0. The maximum absolute atomic E-state index is 12.8. The fourth-order valence-corrected chi connectivity index (χ4v) is 3.36. The van der Waals surface area contributed by atoms with Crippen LogP contribution in [-0.2, 0) is 16.1 Å². The summed E-state index contributed by atoms with van der Waals surface area (Å²) in [5.41, 5.74) is 0.608. The van der Waals surface area contributed by atoms with Crippen LogP contribution in [0.15, 0.2) is 53.3 Å². The largest absolute Gasteiger partial charge is 0.477 e. The summed E-state index contributed by atoms with van der Waals surface area (Å²) in [6.45, 7) is 2.47. The van der Waals surface area contributed by atoms with Crippen molar-refractivity contribution in [2.75, 3.05) is 6.61 Å². The number of carboxylic acid groups (broad SMARTS) is 1. The minimum atomic E-state index is -1.33. The Bertz CT molecular complexity index is 1130. The average Bonchev–Trinajstić information content (AvgIpc) is 2.72. The summed E-state index contributed by atoms with van der Waals surface area (Å²) in [4.78, 5) is 38.7. The van der Waals surface area contributed by atoms with Gasteiger partial charge in [-0.2, -0.15) is 0 Å². The first-order valence-corrected chi connectivity index (χ1v) is 9.81. The fourth-order valence-electron chi connectivity index (χ4n) is 3.11. The number of carbonyl (C=O) groups excluding carboxylic acids is 1. The molecular formula is C22H21ClN2O5. The first kappa shape index (κ1) is 21.5. The highest BCUT2D eigenvalue weighted by molar-refractivity contribution is 6.31. The highest BCUT2D eigenvalue weighted by Gasteiger charge is 2.21. The number of amides is 1. The fraction of sp³-hybridized carbons (Fsp3) is 0.227. The first-order valence-electron chi connectivity index (χ1n) is 9.43. The van der Waals surface area contributed by atoms with Gasteiger partial charge in [-0.15, -0.1) is 0 Å². The van der Waals surface area contributed by atoms with Gasteiger partial charge >= 0.3 is 5.97 Å². The lowest BCUT2D eigenvalue weighted by atomic mass is 10.1. The van der Waals surface area contributed by atoms with Gasteiger partial charge in [0.05, 0.1) is 5.52 Å². The lowest BCUT2D eigenvalue weighted by molar-refractivity contribution is -0.133. The predicted molar refractivity (Wildman–Crippen MR) is 114 cm³/mol. The van der Waals surface area contributed by atoms with Crippen molar-refractivity contribution in [3.63, 3.8) is 0 Å². The summed E-state index contributed by atoms with van der Waals surface area (Å²) >= 11 is 6.16. The molecule has 7 nitrogen and oxygen atoms in total. The summed E-state index contributed by atoms with van der Waals surface area (Å²) < 4.78 is 5.74. The number of halogens is 1. The molecule has 0 aliphatic heterocycles. The molecule has 3 N–H and O–H groups in total. The van der Waals surface area contributed by atoms with Crippen LogP contribution in [0, 0.1) is 0 Å². The number of hydrogen-bond acceptors (Lipinski definition) is 4. The molecule has 1 atom stereocenters. The van der Waals surface area contributed by atoms with Crippen LogP contribution < -0.4 is 10.9 Å². The van der Waals surface area contributed by atoms with Crippen LogP contribution in [0.2, 0.25) is 5.02 Å². The predicted octanol–water partition coefficient (Wildman–Crippen LogP) is 3.66. The van der Waals surface area contributed by atoms with Gasteiger partial charge in [0.1, 0.15) is 5.56 Å². The number of aromatic carboxylic acids is 1. The smallest absolute Gasteiger partial charge is 0.341 e. The monoisotopic (exact) mass is 428 g/mol. The van der Waals surface area contributed by atoms with Crippen molar-refractivity contribution < 1.29 is 19.4 Å². The summed E-state index contributed by atoms with van der Waals surface area (Å²) in [7, 11) is 0. The topological polar surface area (TPSA) is 108 Å². The zero-order chi connectivity index (χ0) is 21.7. The second kappa shape index (κ2) is 9.56. The number of benzene rings is 2. The number of fused-ring (bicyclic) bond motifs is 1. The quantitative estimate of drug-likeness (QED) is 0.507. The Morgan fingerprint density at radius 1 is 1.20 bits per heavy atom. The van der Waals surface area contributed by atoms with E-state index in [1.54, 1.807) is 12.1 Å². The van der Waals surface area contributed by atoms with E-state index in [1.807, 2.05) is 37.3 Å². The molecule has 30 heavy (non-hydrogen) atoms. The Morgan fingerprint density at radius 3 is 2.60 bits per heavy atom. The summed E-state index contributed by atoms with van der Waals surface area (Å²) in [5, 5.41) is 12.8. The van der Waals surface area contributed by atoms with E-state index >= 15 is 0 Å². The Hall–Kier alpha value is -3.16. The van der Waals surface area contributed by atoms with E-state index in [0.29, 0.717) is 28.1 Å². The van der Waals surface area contributed by atoms with Gasteiger partial charge in [0, 0.05) is 23.6 Å². The van der Waals surface area contributed by atoms with E-state index in [-0.39, 0.29) is 18.0 Å². The van der Waals surface area contributed by atoms with Crippen molar-refractivity contribution in [2.45, 2.75) is 26.0 Å². The standard InChI is InChI=1S/C22H21ClN2O5/c1-2-8-30-19(13-6-4-3-5-7-13)21(27)24-12-15-10-16(23)9-14-11-17(22(28)29)20(26)25-18(14)15/h3-7,9-11,19H,2,8,12H2,1H3,(H,24,27)(H,25,26)(H,28,29). The normalized spacial score (nSPS) is 11.9. The van der Waals surface area contributed by atoms with Crippen LogP contribution in [0.1, 0.15) is 40.9 Å². The number of carboxylic acids is 1. The molecule has 2 aromatic carbocycles. The highest BCUT2D eigenvalue weighted by atomic mass is 35.5. The van der Waals surface area contributed by atoms with Crippen molar-refractivity contribution in [3.05, 3.63) is 80.6 Å². The van der Waals surface area contributed by atoms with E-state index in [4.69, 9.17) is 21.4 Å². The number of carbonyl (C=O) groups is 2. The van der Waals surface area contributed by atoms with Crippen LogP contribution >= 0.6 is 11.6 Å². The number of aromatic amines is 1. The minimum Gasteiger partial charge on any atom is -0.477 e. The van der Waals surface area contributed by atoms with Crippen molar-refractivity contribution >= 4 is 34.4 Å². The van der Waals surface area contributed by atoms with Crippen LogP contribution in [-0.4, -0.2) is 28.6 Å². The van der Waals surface area contributed by atoms with E-state index in [9.17, 15) is 14.4 Å². The Balaban J connectivity index is 1.88. The zero-order valence-electron chi connectivity index (χ0n) is 16.3. The Labute approximate surface area is 177 Å². The number of H-pyrrole nitrogens is 1. The molecule has 3 rings (SSSR count). The second-order valence-corrected chi connectivity index (χ2v) is 7.16. The van der Waals surface area contributed by atoms with E-state index in [2.05, 4.69) is 10.3 Å². The molecule has 8 heteroatoms. The maximum Gasteiger partial charge on any atom is 0.341 e. The van der Waals surface area contributed by atoms with E-state index in [0.717, 1.165) is 12.0 Å². The third-order valence-electron chi connectivity index (χ3n) is 4.51. The SMILES string of the molecule is CCCOC(C(=O)NCc1cc(Cl)cc2cc(C(=O)O)c(=O)[nH]c12)c1ccccc1. The Morgan fingerprint density at radius 2 is 1.93 bits per heavy atom. The van der Waals surface area contributed by atoms with Crippen LogP contribution in [0.3, 0.4) is 0 Å². The number of hydrogen-bond donors (Lipinski definition) is 3. The lowest BCUT2D eigenvalue weighted by Gasteiger charge is -2.18. The minimum absolute atomic E-state index is 0.0804. The summed E-state index contributed by atoms with van der Waals surface area (Å²) in [6, 6.07) is 13.6. The molecule has 0 saturated carbocycles. The van der Waals surface area contributed by atoms with Crippen molar-refractivity contribution in [3.8, 4) is 0 Å². The van der Waals surface area contributed by atoms with Crippen LogP contribution in [0.5, 0.6) is 0 Å². The maximum atomic E-state index is 12.8. The molecule has 1 unspecified atom stereocenters. The van der Waals surface area contributed by atoms with Gasteiger partial charge < -0.3 is 20.1 Å². The average molecular weight is 429 g/mol. The Kier molecular flexibility index (Phi) is 6.87. The number of nitrogens with one attached hydrogen (secondary N) is 2. The first-order chi connectivity index (χ1) is 14.4. The third kappa shape index (κ3) is 4.87. The molecule has 156 valence electrons. The summed E-state index contributed by atoms with van der Waals surface area (Å²) in [6.07, 6.45) is -0.00264. The molecule has 0 aliphatic carbocycles. The van der Waals surface area contributed by atoms with Gasteiger partial charge in [-0.3, -0.25) is 9.59 Å². The van der Waals surface area contributed by atoms with Gasteiger partial charge in [0.2, 0.25) is 0 Å². The van der Waals surface area contributed by atoms with Crippen LogP contribution in [0.4, 0.5) is 0 Å². The molecule has 1 amide bonds. The van der Waals surface area contributed by atoms with Crippen molar-refractivity contribution in [1.82, 2.24) is 10.3 Å². The molecule has 0 spiro atoms. The number of rotatable bonds is 8. The third-order valence-corrected chi connectivity index (χ3v) is 4.73. The molecule has 0 fully saturated rings. The van der Waals surface area contributed by atoms with Crippen molar-refractivity contribution in [2.24, 2.45) is 0 Å². The molecule has 0 aliphatic rings. The highest BCUT2D eigenvalue weighted by Crippen LogP contribution is 2.23. The second-order valence-electron chi connectivity index (χ2n) is 6.73. The number of ether oxygens (including phenoxy) is 1. The number of pyridine rings is 1.